The third-order valence-electron chi connectivity index (χ3n) is 4.56. The van der Waals surface area contributed by atoms with Gasteiger partial charge in [-0.25, -0.2) is 4.79 Å². The Kier molecular flexibility index (Phi) is 6.41. The fourth-order valence-corrected chi connectivity index (χ4v) is 3.00. The van der Waals surface area contributed by atoms with Crippen molar-refractivity contribution in [3.8, 4) is 0 Å². The molecular formula is C23H22N2O5. The van der Waals surface area contributed by atoms with Crippen molar-refractivity contribution in [2.45, 2.75) is 32.8 Å². The van der Waals surface area contributed by atoms with E-state index in [4.69, 9.17) is 4.74 Å². The van der Waals surface area contributed by atoms with Gasteiger partial charge in [0.2, 0.25) is 11.7 Å². The Morgan fingerprint density at radius 1 is 1.07 bits per heavy atom. The highest BCUT2D eigenvalue weighted by Gasteiger charge is 2.21. The van der Waals surface area contributed by atoms with Crippen LogP contribution in [0.2, 0.25) is 0 Å². The number of H-pyrrole nitrogens is 1. The number of ketones is 1. The quantitative estimate of drug-likeness (QED) is 0.460. The van der Waals surface area contributed by atoms with Crippen molar-refractivity contribution < 1.29 is 19.1 Å². The molecule has 0 saturated carbocycles. The first kappa shape index (κ1) is 21.0. The van der Waals surface area contributed by atoms with E-state index in [-0.39, 0.29) is 11.6 Å². The molecule has 0 bridgehead atoms. The lowest BCUT2D eigenvalue weighted by Gasteiger charge is -2.13. The number of Topliss-reactive ketones (excluding diaryl/α,β-unsaturated/α-hetero) is 1. The zero-order valence-electron chi connectivity index (χ0n) is 16.7. The van der Waals surface area contributed by atoms with Gasteiger partial charge in [0.15, 0.2) is 6.10 Å². The summed E-state index contributed by atoms with van der Waals surface area (Å²) in [5, 5.41) is 3.81. The van der Waals surface area contributed by atoms with Gasteiger partial charge < -0.3 is 15.0 Å². The normalized spacial score (nSPS) is 11.7. The third kappa shape index (κ3) is 4.81. The van der Waals surface area contributed by atoms with E-state index in [1.54, 1.807) is 48.5 Å². The molecule has 0 saturated heterocycles. The van der Waals surface area contributed by atoms with Crippen LogP contribution >= 0.6 is 0 Å². The van der Waals surface area contributed by atoms with E-state index in [1.807, 2.05) is 6.92 Å². The minimum atomic E-state index is -1.05. The van der Waals surface area contributed by atoms with Crippen LogP contribution in [0.25, 0.3) is 10.8 Å². The van der Waals surface area contributed by atoms with Crippen LogP contribution in [0, 0.1) is 0 Å². The number of amides is 1. The SMILES string of the molecule is CCCC(=O)Nc1ccc(C(=O)[C@@H](C)OC(=O)c2cc3ccccc3c(=O)[nH]2)cc1. The molecular weight excluding hydrogens is 384 g/mol. The molecule has 2 aromatic carbocycles. The van der Waals surface area contributed by atoms with E-state index < -0.39 is 23.4 Å². The van der Waals surface area contributed by atoms with Gasteiger partial charge in [0.25, 0.3) is 5.56 Å². The molecule has 3 rings (SSSR count). The van der Waals surface area contributed by atoms with Crippen LogP contribution in [-0.2, 0) is 9.53 Å². The summed E-state index contributed by atoms with van der Waals surface area (Å²) in [6.45, 7) is 3.38. The van der Waals surface area contributed by atoms with Crippen LogP contribution in [0.3, 0.4) is 0 Å². The van der Waals surface area contributed by atoms with E-state index in [0.29, 0.717) is 28.4 Å². The molecule has 30 heavy (non-hydrogen) atoms. The number of aromatic amines is 1. The van der Waals surface area contributed by atoms with Crippen molar-refractivity contribution in [2.24, 2.45) is 0 Å². The summed E-state index contributed by atoms with van der Waals surface area (Å²) in [6.07, 6.45) is 0.117. The van der Waals surface area contributed by atoms with Gasteiger partial charge in [-0.1, -0.05) is 25.1 Å². The summed E-state index contributed by atoms with van der Waals surface area (Å²) in [7, 11) is 0. The van der Waals surface area contributed by atoms with Gasteiger partial charge in [0.1, 0.15) is 5.69 Å². The van der Waals surface area contributed by atoms with Gasteiger partial charge in [0.05, 0.1) is 0 Å². The molecule has 0 aliphatic rings. The van der Waals surface area contributed by atoms with E-state index in [2.05, 4.69) is 10.3 Å². The summed E-state index contributed by atoms with van der Waals surface area (Å²) >= 11 is 0. The Labute approximate surface area is 173 Å². The Balaban J connectivity index is 1.68. The molecule has 0 radical (unpaired) electrons. The number of aromatic nitrogens is 1. The Bertz CT molecular complexity index is 1150. The van der Waals surface area contributed by atoms with Crippen LogP contribution in [0.1, 0.15) is 47.5 Å². The first-order valence-electron chi connectivity index (χ1n) is 9.66. The molecule has 1 aromatic heterocycles. The standard InChI is InChI=1S/C23H22N2O5/c1-3-6-20(26)24-17-11-9-15(10-12-17)21(27)14(2)30-23(29)19-13-16-7-4-5-8-18(16)22(28)25-19/h4-5,7-14H,3,6H2,1-2H3,(H,24,26)(H,25,28)/t14-/m1/s1. The second-order valence-electron chi connectivity index (χ2n) is 6.89. The average Bonchev–Trinajstić information content (AvgIpc) is 2.73. The summed E-state index contributed by atoms with van der Waals surface area (Å²) in [5.74, 6) is -1.27. The van der Waals surface area contributed by atoms with E-state index >= 15 is 0 Å². The smallest absolute Gasteiger partial charge is 0.355 e. The maximum Gasteiger partial charge on any atom is 0.355 e. The predicted octanol–water partition coefficient (Wildman–Crippen LogP) is 3.69. The Morgan fingerprint density at radius 3 is 2.47 bits per heavy atom. The van der Waals surface area contributed by atoms with Crippen molar-refractivity contribution in [3.63, 3.8) is 0 Å². The summed E-state index contributed by atoms with van der Waals surface area (Å²) < 4.78 is 5.25. The number of carbonyl (C=O) groups is 3. The number of fused-ring (bicyclic) bond motifs is 1. The molecule has 1 heterocycles. The summed E-state index contributed by atoms with van der Waals surface area (Å²) in [6, 6.07) is 14.8. The molecule has 3 aromatic rings. The molecule has 0 spiro atoms. The lowest BCUT2D eigenvalue weighted by atomic mass is 10.1. The molecule has 1 atom stereocenters. The van der Waals surface area contributed by atoms with E-state index in [1.165, 1.54) is 13.0 Å². The number of hydrogen-bond acceptors (Lipinski definition) is 5. The van der Waals surface area contributed by atoms with Crippen molar-refractivity contribution in [2.75, 3.05) is 5.32 Å². The van der Waals surface area contributed by atoms with Crippen LogP contribution in [0.15, 0.2) is 59.4 Å². The van der Waals surface area contributed by atoms with Crippen molar-refractivity contribution in [3.05, 3.63) is 76.2 Å². The second-order valence-corrected chi connectivity index (χ2v) is 6.89. The minimum Gasteiger partial charge on any atom is -0.450 e. The van der Waals surface area contributed by atoms with Gasteiger partial charge in [0, 0.05) is 23.1 Å². The average molecular weight is 406 g/mol. The molecule has 0 fully saturated rings. The molecule has 7 nitrogen and oxygen atoms in total. The van der Waals surface area contributed by atoms with Crippen LogP contribution in [-0.4, -0.2) is 28.7 Å². The number of benzene rings is 2. The van der Waals surface area contributed by atoms with Crippen LogP contribution < -0.4 is 10.9 Å². The number of hydrogen-bond donors (Lipinski definition) is 2. The van der Waals surface area contributed by atoms with Gasteiger partial charge in [-0.2, -0.15) is 0 Å². The molecule has 0 unspecified atom stereocenters. The largest absolute Gasteiger partial charge is 0.450 e. The van der Waals surface area contributed by atoms with Crippen molar-refractivity contribution in [1.29, 1.82) is 0 Å². The van der Waals surface area contributed by atoms with Crippen molar-refractivity contribution >= 4 is 34.1 Å². The fourth-order valence-electron chi connectivity index (χ4n) is 3.00. The molecule has 154 valence electrons. The molecule has 1 amide bonds. The fraction of sp³-hybridized carbons (Fsp3) is 0.217. The molecule has 0 aliphatic carbocycles. The minimum absolute atomic E-state index is 0.0210. The number of rotatable bonds is 7. The first-order chi connectivity index (χ1) is 14.4. The maximum atomic E-state index is 12.6. The number of esters is 1. The molecule has 2 N–H and O–H groups in total. The van der Waals surface area contributed by atoms with Crippen molar-refractivity contribution in [1.82, 2.24) is 4.98 Å². The van der Waals surface area contributed by atoms with Crippen LogP contribution in [0.4, 0.5) is 5.69 Å². The lowest BCUT2D eigenvalue weighted by Crippen LogP contribution is -2.26. The first-order valence-corrected chi connectivity index (χ1v) is 9.66. The van der Waals surface area contributed by atoms with E-state index in [0.717, 1.165) is 6.42 Å². The number of nitrogens with one attached hydrogen (secondary N) is 2. The van der Waals surface area contributed by atoms with Gasteiger partial charge >= 0.3 is 5.97 Å². The number of ether oxygens (including phenoxy) is 1. The zero-order chi connectivity index (χ0) is 21.7. The van der Waals surface area contributed by atoms with Crippen LogP contribution in [0.5, 0.6) is 0 Å². The predicted molar refractivity (Wildman–Crippen MR) is 114 cm³/mol. The second kappa shape index (κ2) is 9.17. The zero-order valence-corrected chi connectivity index (χ0v) is 16.7. The highest BCUT2D eigenvalue weighted by atomic mass is 16.5. The van der Waals surface area contributed by atoms with Gasteiger partial charge in [-0.3, -0.25) is 14.4 Å². The number of pyridine rings is 1. The summed E-state index contributed by atoms with van der Waals surface area (Å²) in [4.78, 5) is 51.3. The van der Waals surface area contributed by atoms with E-state index in [9.17, 15) is 19.2 Å². The molecule has 7 heteroatoms. The highest BCUT2D eigenvalue weighted by Crippen LogP contribution is 2.15. The van der Waals surface area contributed by atoms with Gasteiger partial charge in [-0.05, 0) is 55.1 Å². The maximum absolute atomic E-state index is 12.6. The Hall–Kier alpha value is -3.74. The third-order valence-corrected chi connectivity index (χ3v) is 4.56. The number of carbonyl (C=O) groups excluding carboxylic acids is 3. The summed E-state index contributed by atoms with van der Waals surface area (Å²) in [5.41, 5.74) is 0.506. The monoisotopic (exact) mass is 406 g/mol. The Morgan fingerprint density at radius 2 is 1.77 bits per heavy atom. The van der Waals surface area contributed by atoms with Gasteiger partial charge in [-0.15, -0.1) is 0 Å². The topological polar surface area (TPSA) is 105 Å². The lowest BCUT2D eigenvalue weighted by molar-refractivity contribution is -0.116. The number of anilines is 1. The highest BCUT2D eigenvalue weighted by molar-refractivity contribution is 6.02. The molecule has 0 aliphatic heterocycles.